The predicted octanol–water partition coefficient (Wildman–Crippen LogP) is 2.94. The predicted molar refractivity (Wildman–Crippen MR) is 87.2 cm³/mol. The molecule has 0 radical (unpaired) electrons. The summed E-state index contributed by atoms with van der Waals surface area (Å²) in [4.78, 5) is 2.45. The second-order valence-electron chi connectivity index (χ2n) is 5.74. The molecule has 1 aliphatic heterocycles. The van der Waals surface area contributed by atoms with Gasteiger partial charge in [0.05, 0.1) is 0 Å². The lowest BCUT2D eigenvalue weighted by atomic mass is 9.98. The highest BCUT2D eigenvalue weighted by molar-refractivity contribution is 5.45. The highest BCUT2D eigenvalue weighted by Gasteiger charge is 2.12. The maximum absolute atomic E-state index is 3.62. The fraction of sp³-hybridized carbons (Fsp3) is 0.647. The Hall–Kier alpha value is -1.06. The molecule has 2 rings (SSSR count). The Kier molecular flexibility index (Phi) is 6.34. The zero-order valence-corrected chi connectivity index (χ0v) is 13.0. The molecule has 0 atom stereocenters. The van der Waals surface area contributed by atoms with Crippen molar-refractivity contribution in [1.82, 2.24) is 10.2 Å². The van der Waals surface area contributed by atoms with E-state index in [0.29, 0.717) is 0 Å². The fourth-order valence-corrected chi connectivity index (χ4v) is 2.83. The van der Waals surface area contributed by atoms with E-state index in [1.54, 1.807) is 0 Å². The molecule has 112 valence electrons. The van der Waals surface area contributed by atoms with Gasteiger partial charge in [0.25, 0.3) is 0 Å². The van der Waals surface area contributed by atoms with Crippen LogP contribution in [-0.4, -0.2) is 37.6 Å². The van der Waals surface area contributed by atoms with Gasteiger partial charge < -0.3 is 10.6 Å². The van der Waals surface area contributed by atoms with Gasteiger partial charge in [-0.3, -0.25) is 4.90 Å². The third kappa shape index (κ3) is 4.80. The first-order valence-electron chi connectivity index (χ1n) is 8.07. The Morgan fingerprint density at radius 2 is 1.95 bits per heavy atom. The van der Waals surface area contributed by atoms with E-state index >= 15 is 0 Å². The molecule has 20 heavy (non-hydrogen) atoms. The molecule has 0 aromatic heterocycles. The van der Waals surface area contributed by atoms with Crippen molar-refractivity contribution in [3.05, 3.63) is 29.8 Å². The Morgan fingerprint density at radius 1 is 1.20 bits per heavy atom. The minimum absolute atomic E-state index is 0.822. The molecular formula is C17H29N3. The van der Waals surface area contributed by atoms with Crippen molar-refractivity contribution < 1.29 is 0 Å². The van der Waals surface area contributed by atoms with E-state index in [2.05, 4.69) is 53.6 Å². The van der Waals surface area contributed by atoms with Crippen LogP contribution < -0.4 is 10.6 Å². The summed E-state index contributed by atoms with van der Waals surface area (Å²) in [6.45, 7) is 11.2. The second kappa shape index (κ2) is 8.28. The van der Waals surface area contributed by atoms with Crippen molar-refractivity contribution >= 4 is 5.69 Å². The fourth-order valence-electron chi connectivity index (χ4n) is 2.83. The quantitative estimate of drug-likeness (QED) is 0.801. The topological polar surface area (TPSA) is 27.3 Å². The van der Waals surface area contributed by atoms with Gasteiger partial charge in [-0.05, 0) is 62.6 Å². The van der Waals surface area contributed by atoms with Crippen molar-refractivity contribution in [3.63, 3.8) is 0 Å². The summed E-state index contributed by atoms with van der Waals surface area (Å²) in [6.07, 6.45) is 2.60. The second-order valence-corrected chi connectivity index (χ2v) is 5.74. The largest absolute Gasteiger partial charge is 0.385 e. The molecule has 0 saturated carbocycles. The van der Waals surface area contributed by atoms with Gasteiger partial charge in [0.15, 0.2) is 0 Å². The first-order valence-corrected chi connectivity index (χ1v) is 8.07. The van der Waals surface area contributed by atoms with Crippen molar-refractivity contribution in [1.29, 1.82) is 0 Å². The SMILES string of the molecule is CCN(CC)Cc1cccc(NCC2CCNCC2)c1. The molecule has 1 aromatic carbocycles. The number of anilines is 1. The number of rotatable bonds is 7. The van der Waals surface area contributed by atoms with Crippen LogP contribution in [0.4, 0.5) is 5.69 Å². The molecule has 3 heteroatoms. The Bertz CT molecular complexity index is 382. The molecule has 1 heterocycles. The van der Waals surface area contributed by atoms with Crippen LogP contribution in [0, 0.1) is 5.92 Å². The van der Waals surface area contributed by atoms with E-state index in [1.165, 1.54) is 37.2 Å². The molecule has 0 bridgehead atoms. The third-order valence-corrected chi connectivity index (χ3v) is 4.28. The lowest BCUT2D eigenvalue weighted by molar-refractivity contribution is 0.296. The van der Waals surface area contributed by atoms with Crippen LogP contribution >= 0.6 is 0 Å². The maximum Gasteiger partial charge on any atom is 0.0343 e. The standard InChI is InChI=1S/C17H29N3/c1-3-20(4-2)14-16-6-5-7-17(12-16)19-13-15-8-10-18-11-9-15/h5-7,12,15,18-19H,3-4,8-11,13-14H2,1-2H3. The lowest BCUT2D eigenvalue weighted by Crippen LogP contribution is -2.31. The van der Waals surface area contributed by atoms with Gasteiger partial charge in [0, 0.05) is 18.8 Å². The van der Waals surface area contributed by atoms with E-state index in [1.807, 2.05) is 0 Å². The summed E-state index contributed by atoms with van der Waals surface area (Å²) in [7, 11) is 0. The van der Waals surface area contributed by atoms with Gasteiger partial charge in [-0.2, -0.15) is 0 Å². The maximum atomic E-state index is 3.62. The van der Waals surface area contributed by atoms with Crippen LogP contribution in [0.25, 0.3) is 0 Å². The van der Waals surface area contributed by atoms with Crippen molar-refractivity contribution in [2.45, 2.75) is 33.2 Å². The summed E-state index contributed by atoms with van der Waals surface area (Å²) < 4.78 is 0. The van der Waals surface area contributed by atoms with Crippen LogP contribution in [0.15, 0.2) is 24.3 Å². The monoisotopic (exact) mass is 275 g/mol. The third-order valence-electron chi connectivity index (χ3n) is 4.28. The lowest BCUT2D eigenvalue weighted by Gasteiger charge is -2.23. The summed E-state index contributed by atoms with van der Waals surface area (Å²) in [5, 5.41) is 7.04. The van der Waals surface area contributed by atoms with E-state index in [9.17, 15) is 0 Å². The van der Waals surface area contributed by atoms with Crippen LogP contribution in [0.2, 0.25) is 0 Å². The van der Waals surface area contributed by atoms with Crippen LogP contribution in [0.3, 0.4) is 0 Å². The smallest absolute Gasteiger partial charge is 0.0343 e. The van der Waals surface area contributed by atoms with Gasteiger partial charge in [0.2, 0.25) is 0 Å². The van der Waals surface area contributed by atoms with Crippen LogP contribution in [0.5, 0.6) is 0 Å². The summed E-state index contributed by atoms with van der Waals surface area (Å²) in [5.74, 6) is 0.822. The molecular weight excluding hydrogens is 246 g/mol. The molecule has 2 N–H and O–H groups in total. The highest BCUT2D eigenvalue weighted by Crippen LogP contribution is 2.16. The molecule has 1 fully saturated rings. The van der Waals surface area contributed by atoms with Crippen LogP contribution in [-0.2, 0) is 6.54 Å². The van der Waals surface area contributed by atoms with Crippen LogP contribution in [0.1, 0.15) is 32.3 Å². The molecule has 1 aliphatic rings. The summed E-state index contributed by atoms with van der Waals surface area (Å²) in [6, 6.07) is 8.89. The Morgan fingerprint density at radius 3 is 2.65 bits per heavy atom. The van der Waals surface area contributed by atoms with E-state index in [4.69, 9.17) is 0 Å². The number of benzene rings is 1. The van der Waals surface area contributed by atoms with Gasteiger partial charge in [-0.25, -0.2) is 0 Å². The average molecular weight is 275 g/mol. The normalized spacial score (nSPS) is 16.6. The van der Waals surface area contributed by atoms with Gasteiger partial charge in [-0.1, -0.05) is 26.0 Å². The zero-order chi connectivity index (χ0) is 14.2. The molecule has 1 saturated heterocycles. The minimum atomic E-state index is 0.822. The van der Waals surface area contributed by atoms with E-state index < -0.39 is 0 Å². The molecule has 0 spiro atoms. The zero-order valence-electron chi connectivity index (χ0n) is 13.0. The van der Waals surface area contributed by atoms with E-state index in [-0.39, 0.29) is 0 Å². The summed E-state index contributed by atoms with van der Waals surface area (Å²) >= 11 is 0. The van der Waals surface area contributed by atoms with Crippen molar-refractivity contribution in [2.75, 3.05) is 38.0 Å². The Balaban J connectivity index is 1.85. The average Bonchev–Trinajstić information content (AvgIpc) is 2.52. The number of nitrogens with one attached hydrogen (secondary N) is 2. The molecule has 0 unspecified atom stereocenters. The summed E-state index contributed by atoms with van der Waals surface area (Å²) in [5.41, 5.74) is 2.68. The number of hydrogen-bond acceptors (Lipinski definition) is 3. The highest BCUT2D eigenvalue weighted by atomic mass is 15.1. The Labute approximate surface area is 123 Å². The number of hydrogen-bond donors (Lipinski definition) is 2. The van der Waals surface area contributed by atoms with E-state index in [0.717, 1.165) is 32.1 Å². The van der Waals surface area contributed by atoms with Gasteiger partial charge >= 0.3 is 0 Å². The first kappa shape index (κ1) is 15.3. The molecule has 0 amide bonds. The van der Waals surface area contributed by atoms with Crippen molar-refractivity contribution in [2.24, 2.45) is 5.92 Å². The van der Waals surface area contributed by atoms with Gasteiger partial charge in [-0.15, -0.1) is 0 Å². The number of nitrogens with zero attached hydrogens (tertiary/aromatic N) is 1. The minimum Gasteiger partial charge on any atom is -0.385 e. The first-order chi connectivity index (χ1) is 9.81. The molecule has 3 nitrogen and oxygen atoms in total. The van der Waals surface area contributed by atoms with Crippen molar-refractivity contribution in [3.8, 4) is 0 Å². The molecule has 0 aliphatic carbocycles. The number of piperidine rings is 1. The molecule has 1 aromatic rings. The van der Waals surface area contributed by atoms with Gasteiger partial charge in [0.1, 0.15) is 0 Å².